The van der Waals surface area contributed by atoms with Gasteiger partial charge in [-0.15, -0.1) is 0 Å². The van der Waals surface area contributed by atoms with Crippen LogP contribution in [-0.4, -0.2) is 47.6 Å². The molecule has 5 saturated carbocycles. The molecule has 8 nitrogen and oxygen atoms in total. The topological polar surface area (TPSA) is 122 Å². The summed E-state index contributed by atoms with van der Waals surface area (Å²) in [6.07, 6.45) is 14.1. The van der Waals surface area contributed by atoms with E-state index in [4.69, 9.17) is 4.74 Å². The summed E-state index contributed by atoms with van der Waals surface area (Å²) in [5, 5.41) is 16.0. The lowest BCUT2D eigenvalue weighted by Crippen LogP contribution is -2.67. The van der Waals surface area contributed by atoms with E-state index in [1.807, 2.05) is 0 Å². The van der Waals surface area contributed by atoms with Gasteiger partial charge in [-0.05, 0) is 151 Å². The smallest absolute Gasteiger partial charge is 0.309 e. The molecule has 2 amide bonds. The van der Waals surface area contributed by atoms with Gasteiger partial charge in [-0.1, -0.05) is 59.6 Å². The van der Waals surface area contributed by atoms with E-state index in [0.717, 1.165) is 83.5 Å². The molecule has 0 aromatic heterocycles. The summed E-state index contributed by atoms with van der Waals surface area (Å²) in [7, 11) is 0. The lowest BCUT2D eigenvalue weighted by atomic mass is 9.32. The molecular weight excluding hydrogens is 665 g/mol. The average molecular weight is 739 g/mol. The summed E-state index contributed by atoms with van der Waals surface area (Å²) in [6.45, 7) is 26.6. The van der Waals surface area contributed by atoms with Crippen molar-refractivity contribution in [2.75, 3.05) is 6.54 Å². The second-order valence-electron chi connectivity index (χ2n) is 20.8. The quantitative estimate of drug-likeness (QED) is 0.0984. The molecule has 0 bridgehead atoms. The van der Waals surface area contributed by atoms with Gasteiger partial charge in [0.1, 0.15) is 6.10 Å². The van der Waals surface area contributed by atoms with Crippen molar-refractivity contribution in [3.63, 3.8) is 0 Å². The molecule has 300 valence electrons. The zero-order chi connectivity index (χ0) is 39.4. The van der Waals surface area contributed by atoms with Crippen molar-refractivity contribution in [1.82, 2.24) is 10.6 Å². The number of allylic oxidation sites excluding steroid dienone is 1. The number of hydrogen-bond donors (Lipinski definition) is 3. The molecule has 5 fully saturated rings. The number of aliphatic carboxylic acids is 1. The minimum Gasteiger partial charge on any atom is -0.481 e. The molecule has 11 atom stereocenters. The van der Waals surface area contributed by atoms with E-state index in [-0.39, 0.29) is 57.5 Å². The highest BCUT2D eigenvalue weighted by Gasteiger charge is 2.72. The van der Waals surface area contributed by atoms with Gasteiger partial charge in [0, 0.05) is 24.9 Å². The number of carbonyl (C=O) groups excluding carboxylic acids is 3. The van der Waals surface area contributed by atoms with Crippen molar-refractivity contribution in [3.05, 3.63) is 12.2 Å². The number of carbonyl (C=O) groups is 4. The van der Waals surface area contributed by atoms with Crippen LogP contribution in [0.25, 0.3) is 0 Å². The zero-order valence-corrected chi connectivity index (χ0v) is 35.1. The SMILES string of the molecule is C=C(C)[C@@H]1CC[C@]2(C(=O)NCCCCCC(C)NC(C)=O)CC[C@]3(C)[C@H](CC[C@@H]4[C@@]5(C)CC[C@H](OC(=O)CC(C)(C)C(=O)O)C(C)(C)[C@@H]5CC[C@]43C)[C@@H]12. The van der Waals surface area contributed by atoms with E-state index in [1.165, 1.54) is 12.0 Å². The number of hydrogen-bond acceptors (Lipinski definition) is 5. The fourth-order valence-electron chi connectivity index (χ4n) is 13.9. The molecule has 0 saturated heterocycles. The summed E-state index contributed by atoms with van der Waals surface area (Å²) in [6, 6.07) is 0.182. The first-order valence-electron chi connectivity index (χ1n) is 21.2. The molecule has 5 aliphatic carbocycles. The van der Waals surface area contributed by atoms with Crippen LogP contribution in [-0.2, 0) is 23.9 Å². The average Bonchev–Trinajstić information content (AvgIpc) is 3.45. The largest absolute Gasteiger partial charge is 0.481 e. The van der Waals surface area contributed by atoms with E-state index in [0.29, 0.717) is 36.1 Å². The number of nitrogens with one attached hydrogen (secondary N) is 2. The van der Waals surface area contributed by atoms with Crippen molar-refractivity contribution in [1.29, 1.82) is 0 Å². The van der Waals surface area contributed by atoms with Crippen molar-refractivity contribution in [2.24, 2.45) is 62.1 Å². The van der Waals surface area contributed by atoms with Gasteiger partial charge in [-0.25, -0.2) is 0 Å². The van der Waals surface area contributed by atoms with Gasteiger partial charge in [0.05, 0.1) is 17.3 Å². The van der Waals surface area contributed by atoms with Gasteiger partial charge in [0.25, 0.3) is 0 Å². The Morgan fingerprint density at radius 1 is 0.849 bits per heavy atom. The standard InChI is InChI=1S/C45H74N2O6/c1-28(2)31-18-23-45(38(50)46-26-14-12-13-15-29(3)47-30(4)48)25-24-43(10)32(37(31)45)16-17-34-42(9)21-20-35(53-36(49)27-40(5,6)39(51)52)41(7,8)33(42)19-22-44(34,43)11/h29,31-35,37H,1,12-27H2,2-11H3,(H,46,50)(H,47,48)(H,51,52)/t29?,31-,32+,33-,34+,35-,37+,42-,43+,44+,45-/m0/s1. The molecule has 5 rings (SSSR count). The van der Waals surface area contributed by atoms with Crippen LogP contribution in [0, 0.1) is 62.1 Å². The third-order valence-corrected chi connectivity index (χ3v) is 16.9. The van der Waals surface area contributed by atoms with Gasteiger partial charge >= 0.3 is 11.9 Å². The first-order chi connectivity index (χ1) is 24.6. The molecule has 0 heterocycles. The van der Waals surface area contributed by atoms with Crippen molar-refractivity contribution in [2.45, 2.75) is 178 Å². The number of amides is 2. The van der Waals surface area contributed by atoms with E-state index in [2.05, 4.69) is 65.7 Å². The maximum atomic E-state index is 14.4. The van der Waals surface area contributed by atoms with Crippen LogP contribution in [0.2, 0.25) is 0 Å². The molecular formula is C45H74N2O6. The Morgan fingerprint density at radius 2 is 1.55 bits per heavy atom. The Balaban J connectivity index is 1.31. The Hall–Kier alpha value is -2.38. The van der Waals surface area contributed by atoms with Crippen LogP contribution < -0.4 is 10.6 Å². The Bertz CT molecular complexity index is 1440. The van der Waals surface area contributed by atoms with Crippen LogP contribution in [0.5, 0.6) is 0 Å². The highest BCUT2D eigenvalue weighted by Crippen LogP contribution is 2.77. The highest BCUT2D eigenvalue weighted by atomic mass is 16.5. The molecule has 0 radical (unpaired) electrons. The number of unbranched alkanes of at least 4 members (excludes halogenated alkanes) is 2. The van der Waals surface area contributed by atoms with E-state index >= 15 is 0 Å². The van der Waals surface area contributed by atoms with E-state index in [9.17, 15) is 24.3 Å². The number of rotatable bonds is 13. The molecule has 0 aliphatic heterocycles. The van der Waals surface area contributed by atoms with E-state index < -0.39 is 17.4 Å². The highest BCUT2D eigenvalue weighted by molar-refractivity contribution is 5.84. The monoisotopic (exact) mass is 739 g/mol. The lowest BCUT2D eigenvalue weighted by Gasteiger charge is -2.72. The van der Waals surface area contributed by atoms with Crippen molar-refractivity contribution in [3.8, 4) is 0 Å². The van der Waals surface area contributed by atoms with Crippen molar-refractivity contribution >= 4 is 23.8 Å². The third-order valence-electron chi connectivity index (χ3n) is 16.9. The molecule has 0 aromatic carbocycles. The predicted octanol–water partition coefficient (Wildman–Crippen LogP) is 9.26. The molecule has 1 unspecified atom stereocenters. The first kappa shape index (κ1) is 41.8. The number of carboxylic acid groups (broad SMARTS) is 1. The van der Waals surface area contributed by atoms with Crippen LogP contribution in [0.15, 0.2) is 12.2 Å². The second kappa shape index (κ2) is 14.9. The predicted molar refractivity (Wildman–Crippen MR) is 210 cm³/mol. The lowest BCUT2D eigenvalue weighted by molar-refractivity contribution is -0.249. The number of fused-ring (bicyclic) bond motifs is 7. The van der Waals surface area contributed by atoms with Crippen LogP contribution in [0.3, 0.4) is 0 Å². The maximum absolute atomic E-state index is 14.4. The second-order valence-corrected chi connectivity index (χ2v) is 20.8. The molecule has 0 aromatic rings. The van der Waals surface area contributed by atoms with E-state index in [1.54, 1.807) is 20.8 Å². The first-order valence-corrected chi connectivity index (χ1v) is 21.2. The summed E-state index contributed by atoms with van der Waals surface area (Å²) < 4.78 is 6.18. The molecule has 8 heteroatoms. The number of carboxylic acids is 1. The molecule has 3 N–H and O–H groups in total. The van der Waals surface area contributed by atoms with Crippen molar-refractivity contribution < 1.29 is 29.0 Å². The van der Waals surface area contributed by atoms with Crippen LogP contribution in [0.1, 0.15) is 166 Å². The number of esters is 1. The molecule has 5 aliphatic rings. The Morgan fingerprint density at radius 3 is 2.19 bits per heavy atom. The number of ether oxygens (including phenoxy) is 1. The zero-order valence-electron chi connectivity index (χ0n) is 35.1. The fourth-order valence-corrected chi connectivity index (χ4v) is 13.9. The summed E-state index contributed by atoms with van der Waals surface area (Å²) >= 11 is 0. The van der Waals surface area contributed by atoms with Gasteiger partial charge in [0.2, 0.25) is 11.8 Å². The maximum Gasteiger partial charge on any atom is 0.309 e. The van der Waals surface area contributed by atoms with Crippen LogP contribution >= 0.6 is 0 Å². The van der Waals surface area contributed by atoms with Crippen LogP contribution in [0.4, 0.5) is 0 Å². The summed E-state index contributed by atoms with van der Waals surface area (Å²) in [5.74, 6) is 1.05. The normalized spacial score (nSPS) is 39.3. The van der Waals surface area contributed by atoms with Gasteiger partial charge in [0.15, 0.2) is 0 Å². The minimum atomic E-state index is -1.15. The molecule has 53 heavy (non-hydrogen) atoms. The third kappa shape index (κ3) is 7.25. The minimum absolute atomic E-state index is 0.0173. The Kier molecular flexibility index (Phi) is 11.8. The fraction of sp³-hybridized carbons (Fsp3) is 0.867. The summed E-state index contributed by atoms with van der Waals surface area (Å²) in [5.41, 5.74) is -0.0649. The summed E-state index contributed by atoms with van der Waals surface area (Å²) in [4.78, 5) is 50.6. The Labute approximate surface area is 321 Å². The van der Waals surface area contributed by atoms with Gasteiger partial charge in [-0.3, -0.25) is 19.2 Å². The van der Waals surface area contributed by atoms with Gasteiger partial charge < -0.3 is 20.5 Å². The van der Waals surface area contributed by atoms with Gasteiger partial charge in [-0.2, -0.15) is 0 Å². The molecule has 0 spiro atoms.